The van der Waals surface area contributed by atoms with E-state index in [0.717, 1.165) is 23.5 Å². The molecule has 1 aromatic carbocycles. The van der Waals surface area contributed by atoms with Crippen molar-refractivity contribution >= 4 is 0 Å². The molecule has 88 valence electrons. The van der Waals surface area contributed by atoms with Gasteiger partial charge in [0.2, 0.25) is 0 Å². The highest BCUT2D eigenvalue weighted by Gasteiger charge is 2.41. The minimum absolute atomic E-state index is 0.233. The third kappa shape index (κ3) is 1.76. The summed E-state index contributed by atoms with van der Waals surface area (Å²) in [6.45, 7) is 6.14. The van der Waals surface area contributed by atoms with Gasteiger partial charge in [-0.1, -0.05) is 6.07 Å². The van der Waals surface area contributed by atoms with E-state index < -0.39 is 5.54 Å². The molecule has 1 heterocycles. The Hall–Kier alpha value is -1.22. The molecule has 0 saturated heterocycles. The van der Waals surface area contributed by atoms with E-state index in [4.69, 9.17) is 15.2 Å². The van der Waals surface area contributed by atoms with Gasteiger partial charge in [-0.2, -0.15) is 0 Å². The fourth-order valence-electron chi connectivity index (χ4n) is 2.64. The SMILES string of the molecule is COc1cccc2c1C(C)(N)CC(C)(C)O2. The summed E-state index contributed by atoms with van der Waals surface area (Å²) in [5.74, 6) is 1.64. The summed E-state index contributed by atoms with van der Waals surface area (Å²) in [5.41, 5.74) is 6.70. The molecule has 0 fully saturated rings. The Morgan fingerprint density at radius 3 is 2.62 bits per heavy atom. The van der Waals surface area contributed by atoms with Crippen molar-refractivity contribution < 1.29 is 9.47 Å². The van der Waals surface area contributed by atoms with E-state index in [2.05, 4.69) is 13.8 Å². The van der Waals surface area contributed by atoms with Crippen molar-refractivity contribution in [2.45, 2.75) is 38.3 Å². The van der Waals surface area contributed by atoms with Crippen molar-refractivity contribution in [3.05, 3.63) is 23.8 Å². The quantitative estimate of drug-likeness (QED) is 0.792. The van der Waals surface area contributed by atoms with Crippen molar-refractivity contribution in [2.75, 3.05) is 7.11 Å². The van der Waals surface area contributed by atoms with Crippen LogP contribution in [0.2, 0.25) is 0 Å². The largest absolute Gasteiger partial charge is 0.496 e. The van der Waals surface area contributed by atoms with E-state index in [0.29, 0.717) is 0 Å². The average molecular weight is 221 g/mol. The molecule has 0 amide bonds. The van der Waals surface area contributed by atoms with Crippen molar-refractivity contribution in [1.82, 2.24) is 0 Å². The molecule has 2 N–H and O–H groups in total. The standard InChI is InChI=1S/C13H19NO2/c1-12(2)8-13(3,14)11-9(15-4)6-5-7-10(11)16-12/h5-7H,8,14H2,1-4H3. The normalized spacial score (nSPS) is 26.8. The molecule has 1 atom stereocenters. The molecule has 0 radical (unpaired) electrons. The Labute approximate surface area is 96.5 Å². The van der Waals surface area contributed by atoms with Gasteiger partial charge in [-0.25, -0.2) is 0 Å². The zero-order valence-corrected chi connectivity index (χ0v) is 10.3. The van der Waals surface area contributed by atoms with E-state index in [1.54, 1.807) is 7.11 Å². The predicted octanol–water partition coefficient (Wildman–Crippen LogP) is 2.43. The summed E-state index contributed by atoms with van der Waals surface area (Å²) in [6.07, 6.45) is 0.771. The zero-order chi connectivity index (χ0) is 12.0. The zero-order valence-electron chi connectivity index (χ0n) is 10.3. The lowest BCUT2D eigenvalue weighted by atomic mass is 9.79. The number of hydrogen-bond acceptors (Lipinski definition) is 3. The maximum Gasteiger partial charge on any atom is 0.128 e. The number of ether oxygens (including phenoxy) is 2. The summed E-state index contributed by atoms with van der Waals surface area (Å²) < 4.78 is 11.3. The molecule has 1 unspecified atom stereocenters. The van der Waals surface area contributed by atoms with Crippen LogP contribution >= 0.6 is 0 Å². The van der Waals surface area contributed by atoms with Gasteiger partial charge in [0.1, 0.15) is 17.1 Å². The van der Waals surface area contributed by atoms with Gasteiger partial charge in [0.15, 0.2) is 0 Å². The van der Waals surface area contributed by atoms with Crippen molar-refractivity contribution in [3.63, 3.8) is 0 Å². The fraction of sp³-hybridized carbons (Fsp3) is 0.538. The van der Waals surface area contributed by atoms with E-state index in [-0.39, 0.29) is 5.60 Å². The number of rotatable bonds is 1. The second kappa shape index (κ2) is 3.39. The van der Waals surface area contributed by atoms with Crippen LogP contribution in [0.1, 0.15) is 32.8 Å². The van der Waals surface area contributed by atoms with Crippen LogP contribution in [-0.2, 0) is 5.54 Å². The molecule has 1 aliphatic rings. The molecule has 1 aromatic rings. The first-order valence-electron chi connectivity index (χ1n) is 5.51. The Morgan fingerprint density at radius 2 is 2.00 bits per heavy atom. The summed E-state index contributed by atoms with van der Waals surface area (Å²) in [6, 6.07) is 5.80. The second-order valence-electron chi connectivity index (χ2n) is 5.29. The van der Waals surface area contributed by atoms with E-state index in [9.17, 15) is 0 Å². The Bertz CT molecular complexity index is 410. The van der Waals surface area contributed by atoms with Gasteiger partial charge in [0.25, 0.3) is 0 Å². The molecule has 0 aliphatic carbocycles. The molecule has 1 aliphatic heterocycles. The molecule has 3 heteroatoms. The number of hydrogen-bond donors (Lipinski definition) is 1. The van der Waals surface area contributed by atoms with Crippen LogP contribution in [-0.4, -0.2) is 12.7 Å². The molecular weight excluding hydrogens is 202 g/mol. The highest BCUT2D eigenvalue weighted by atomic mass is 16.5. The summed E-state index contributed by atoms with van der Waals surface area (Å²) in [4.78, 5) is 0. The monoisotopic (exact) mass is 221 g/mol. The highest BCUT2D eigenvalue weighted by Crippen LogP contribution is 2.45. The molecule has 0 saturated carbocycles. The average Bonchev–Trinajstić information content (AvgIpc) is 2.13. The van der Waals surface area contributed by atoms with Crippen LogP contribution in [0.15, 0.2) is 18.2 Å². The van der Waals surface area contributed by atoms with E-state index in [1.807, 2.05) is 25.1 Å². The lowest BCUT2D eigenvalue weighted by molar-refractivity contribution is 0.0488. The molecular formula is C13H19NO2. The highest BCUT2D eigenvalue weighted by molar-refractivity contribution is 5.50. The minimum atomic E-state index is -0.413. The van der Waals surface area contributed by atoms with E-state index in [1.165, 1.54) is 0 Å². The lowest BCUT2D eigenvalue weighted by Gasteiger charge is -2.42. The Balaban J connectivity index is 2.60. The number of fused-ring (bicyclic) bond motifs is 1. The maximum atomic E-state index is 6.38. The van der Waals surface area contributed by atoms with Crippen LogP contribution in [0.25, 0.3) is 0 Å². The first kappa shape index (κ1) is 11.3. The first-order chi connectivity index (χ1) is 7.36. The Kier molecular flexibility index (Phi) is 2.39. The van der Waals surface area contributed by atoms with Crippen LogP contribution in [0, 0.1) is 0 Å². The van der Waals surface area contributed by atoms with Gasteiger partial charge in [-0.05, 0) is 32.9 Å². The first-order valence-corrected chi connectivity index (χ1v) is 5.51. The maximum absolute atomic E-state index is 6.38. The van der Waals surface area contributed by atoms with Crippen molar-refractivity contribution in [1.29, 1.82) is 0 Å². The molecule has 0 bridgehead atoms. The number of methoxy groups -OCH3 is 1. The third-order valence-corrected chi connectivity index (χ3v) is 2.96. The summed E-state index contributed by atoms with van der Waals surface area (Å²) in [5, 5.41) is 0. The Morgan fingerprint density at radius 1 is 1.31 bits per heavy atom. The van der Waals surface area contributed by atoms with Crippen molar-refractivity contribution in [2.24, 2.45) is 5.73 Å². The van der Waals surface area contributed by atoms with Crippen LogP contribution in [0.5, 0.6) is 11.5 Å². The van der Waals surface area contributed by atoms with Gasteiger partial charge >= 0.3 is 0 Å². The van der Waals surface area contributed by atoms with Gasteiger partial charge in [0, 0.05) is 12.0 Å². The van der Waals surface area contributed by atoms with Crippen LogP contribution in [0.4, 0.5) is 0 Å². The van der Waals surface area contributed by atoms with Gasteiger partial charge in [0.05, 0.1) is 12.7 Å². The third-order valence-electron chi connectivity index (χ3n) is 2.96. The van der Waals surface area contributed by atoms with Crippen LogP contribution in [0.3, 0.4) is 0 Å². The molecule has 3 nitrogen and oxygen atoms in total. The molecule has 0 spiro atoms. The molecule has 16 heavy (non-hydrogen) atoms. The predicted molar refractivity (Wildman–Crippen MR) is 63.9 cm³/mol. The summed E-state index contributed by atoms with van der Waals surface area (Å²) >= 11 is 0. The molecule has 0 aromatic heterocycles. The lowest BCUT2D eigenvalue weighted by Crippen LogP contribution is -2.47. The van der Waals surface area contributed by atoms with Crippen molar-refractivity contribution in [3.8, 4) is 11.5 Å². The van der Waals surface area contributed by atoms with Crippen LogP contribution < -0.4 is 15.2 Å². The fourth-order valence-corrected chi connectivity index (χ4v) is 2.64. The van der Waals surface area contributed by atoms with Gasteiger partial charge in [-0.15, -0.1) is 0 Å². The second-order valence-corrected chi connectivity index (χ2v) is 5.29. The molecule has 2 rings (SSSR count). The van der Waals surface area contributed by atoms with Gasteiger partial charge < -0.3 is 15.2 Å². The smallest absolute Gasteiger partial charge is 0.128 e. The van der Waals surface area contributed by atoms with Gasteiger partial charge in [-0.3, -0.25) is 0 Å². The topological polar surface area (TPSA) is 44.5 Å². The number of nitrogens with two attached hydrogens (primary N) is 1. The van der Waals surface area contributed by atoms with E-state index >= 15 is 0 Å². The minimum Gasteiger partial charge on any atom is -0.496 e. The number of benzene rings is 1. The summed E-state index contributed by atoms with van der Waals surface area (Å²) in [7, 11) is 1.66.